The Labute approximate surface area is 118 Å². The second kappa shape index (κ2) is 6.11. The average Bonchev–Trinajstić information content (AvgIpc) is 2.67. The van der Waals surface area contributed by atoms with Crippen LogP contribution in [0.15, 0.2) is 4.99 Å². The minimum Gasteiger partial charge on any atom is -0.474 e. The number of carbonyl (C=O) groups is 2. The lowest BCUT2D eigenvalue weighted by atomic mass is 10.2. The Morgan fingerprint density at radius 3 is 2.50 bits per heavy atom. The molecule has 7 heteroatoms. The highest BCUT2D eigenvalue weighted by atomic mass is 16.6. The van der Waals surface area contributed by atoms with Crippen LogP contribution in [-0.4, -0.2) is 48.9 Å². The van der Waals surface area contributed by atoms with Gasteiger partial charge >= 0.3 is 12.1 Å². The first kappa shape index (κ1) is 16.3. The third kappa shape index (κ3) is 4.40. The molecule has 20 heavy (non-hydrogen) atoms. The zero-order valence-corrected chi connectivity index (χ0v) is 12.7. The normalized spacial score (nSPS) is 23.4. The summed E-state index contributed by atoms with van der Waals surface area (Å²) in [6.07, 6.45) is -0.981. The monoisotopic (exact) mass is 286 g/mol. The summed E-state index contributed by atoms with van der Waals surface area (Å²) >= 11 is 0. The summed E-state index contributed by atoms with van der Waals surface area (Å²) in [5.41, 5.74) is -0.579. The van der Waals surface area contributed by atoms with Crippen LogP contribution in [0.2, 0.25) is 0 Å². The van der Waals surface area contributed by atoms with Crippen molar-refractivity contribution in [3.05, 3.63) is 0 Å². The lowest BCUT2D eigenvalue weighted by molar-refractivity contribution is -0.143. The van der Waals surface area contributed by atoms with Crippen LogP contribution in [-0.2, 0) is 19.0 Å². The summed E-state index contributed by atoms with van der Waals surface area (Å²) in [7, 11) is 1.30. The van der Waals surface area contributed by atoms with Crippen LogP contribution < -0.4 is 5.32 Å². The van der Waals surface area contributed by atoms with E-state index in [1.165, 1.54) is 7.11 Å². The Hall–Kier alpha value is -1.79. The van der Waals surface area contributed by atoms with Crippen LogP contribution >= 0.6 is 0 Å². The van der Waals surface area contributed by atoms with Crippen LogP contribution in [0.25, 0.3) is 0 Å². The van der Waals surface area contributed by atoms with Gasteiger partial charge in [0.25, 0.3) is 0 Å². The molecule has 1 N–H and O–H groups in total. The molecule has 7 nitrogen and oxygen atoms in total. The topological polar surface area (TPSA) is 86.2 Å². The molecular weight excluding hydrogens is 264 g/mol. The van der Waals surface area contributed by atoms with Gasteiger partial charge in [-0.25, -0.2) is 14.6 Å². The van der Waals surface area contributed by atoms with E-state index in [0.29, 0.717) is 5.90 Å². The van der Waals surface area contributed by atoms with Crippen molar-refractivity contribution in [1.82, 2.24) is 5.32 Å². The van der Waals surface area contributed by atoms with E-state index in [-0.39, 0.29) is 0 Å². The van der Waals surface area contributed by atoms with Crippen molar-refractivity contribution in [3.8, 4) is 0 Å². The fourth-order valence-corrected chi connectivity index (χ4v) is 1.65. The van der Waals surface area contributed by atoms with Gasteiger partial charge < -0.3 is 19.5 Å². The van der Waals surface area contributed by atoms with Gasteiger partial charge in [-0.15, -0.1) is 0 Å². The Kier molecular flexibility index (Phi) is 4.97. The second-order valence-corrected chi connectivity index (χ2v) is 5.63. The van der Waals surface area contributed by atoms with Gasteiger partial charge in [0.05, 0.1) is 7.11 Å². The number of carbonyl (C=O) groups excluding carboxylic acids is 2. The number of ether oxygens (including phenoxy) is 3. The lowest BCUT2D eigenvalue weighted by Gasteiger charge is -2.22. The molecule has 0 radical (unpaired) electrons. The van der Waals surface area contributed by atoms with Gasteiger partial charge in [0.15, 0.2) is 6.04 Å². The second-order valence-electron chi connectivity index (χ2n) is 5.63. The Balaban J connectivity index is 2.62. The number of hydrogen-bond donors (Lipinski definition) is 1. The van der Waals surface area contributed by atoms with Crippen LogP contribution in [0.3, 0.4) is 0 Å². The largest absolute Gasteiger partial charge is 0.474 e. The number of esters is 1. The van der Waals surface area contributed by atoms with E-state index in [1.807, 2.05) is 0 Å². The third-order valence-electron chi connectivity index (χ3n) is 2.56. The summed E-state index contributed by atoms with van der Waals surface area (Å²) in [6.45, 7) is 8.75. The molecule has 1 aliphatic heterocycles. The molecule has 0 spiro atoms. The standard InChI is InChI=1S/C13H22N2O5/c1-7(14-12(17)20-13(3,4)5)10-15-9(8(2)19-10)11(16)18-6/h7-9H,1-6H3,(H,14,17)/t7-,8+,9+/m1/s1. The van der Waals surface area contributed by atoms with Gasteiger partial charge in [-0.2, -0.15) is 0 Å². The number of rotatable bonds is 3. The van der Waals surface area contributed by atoms with Gasteiger partial charge in [0.2, 0.25) is 5.90 Å². The molecule has 1 heterocycles. The van der Waals surface area contributed by atoms with Crippen molar-refractivity contribution in [2.45, 2.75) is 58.4 Å². The van der Waals surface area contributed by atoms with Crippen molar-refractivity contribution in [1.29, 1.82) is 0 Å². The fourth-order valence-electron chi connectivity index (χ4n) is 1.65. The van der Waals surface area contributed by atoms with Crippen molar-refractivity contribution >= 4 is 18.0 Å². The molecule has 1 aliphatic rings. The molecular formula is C13H22N2O5. The summed E-state index contributed by atoms with van der Waals surface area (Å²) in [4.78, 5) is 27.3. The SMILES string of the molecule is COC(=O)[C@H]1N=C([C@@H](C)NC(=O)OC(C)(C)C)O[C@H]1C. The highest BCUT2D eigenvalue weighted by Crippen LogP contribution is 2.16. The number of alkyl carbamates (subject to hydrolysis) is 1. The van der Waals surface area contributed by atoms with Gasteiger partial charge in [-0.1, -0.05) is 0 Å². The van der Waals surface area contributed by atoms with Crippen LogP contribution in [0.5, 0.6) is 0 Å². The molecule has 0 aromatic rings. The van der Waals surface area contributed by atoms with E-state index in [4.69, 9.17) is 9.47 Å². The molecule has 0 aromatic carbocycles. The van der Waals surface area contributed by atoms with Gasteiger partial charge in [0, 0.05) is 0 Å². The van der Waals surface area contributed by atoms with Crippen molar-refractivity contribution < 1.29 is 23.8 Å². The van der Waals surface area contributed by atoms with Gasteiger partial charge in [-0.05, 0) is 34.6 Å². The highest BCUT2D eigenvalue weighted by Gasteiger charge is 2.36. The number of methoxy groups -OCH3 is 1. The zero-order chi connectivity index (χ0) is 15.5. The predicted molar refractivity (Wildman–Crippen MR) is 72.6 cm³/mol. The summed E-state index contributed by atoms with van der Waals surface area (Å²) in [6, 6.07) is -1.18. The van der Waals surface area contributed by atoms with E-state index >= 15 is 0 Å². The molecule has 0 saturated heterocycles. The molecule has 0 fully saturated rings. The average molecular weight is 286 g/mol. The molecule has 0 bridgehead atoms. The van der Waals surface area contributed by atoms with Gasteiger partial charge in [-0.3, -0.25) is 0 Å². The number of amides is 1. The Morgan fingerprint density at radius 1 is 1.40 bits per heavy atom. The minimum atomic E-state index is -0.696. The molecule has 0 aliphatic carbocycles. The van der Waals surface area contributed by atoms with Crippen molar-refractivity contribution in [3.63, 3.8) is 0 Å². The molecule has 0 saturated carbocycles. The minimum absolute atomic E-state index is 0.291. The summed E-state index contributed by atoms with van der Waals surface area (Å²) < 4.78 is 15.2. The van der Waals surface area contributed by atoms with E-state index < -0.39 is 35.9 Å². The molecule has 3 atom stereocenters. The Morgan fingerprint density at radius 2 is 2.00 bits per heavy atom. The number of nitrogens with one attached hydrogen (secondary N) is 1. The van der Waals surface area contributed by atoms with Crippen molar-refractivity contribution in [2.75, 3.05) is 7.11 Å². The van der Waals surface area contributed by atoms with E-state index in [0.717, 1.165) is 0 Å². The van der Waals surface area contributed by atoms with Crippen LogP contribution in [0.4, 0.5) is 4.79 Å². The third-order valence-corrected chi connectivity index (χ3v) is 2.56. The lowest BCUT2D eigenvalue weighted by Crippen LogP contribution is -2.42. The maximum absolute atomic E-state index is 11.6. The molecule has 0 aromatic heterocycles. The Bertz CT molecular complexity index is 413. The van der Waals surface area contributed by atoms with Crippen molar-refractivity contribution in [2.24, 2.45) is 4.99 Å². The fraction of sp³-hybridized carbons (Fsp3) is 0.769. The first-order chi connectivity index (χ1) is 9.14. The zero-order valence-electron chi connectivity index (χ0n) is 12.7. The van der Waals surface area contributed by atoms with Gasteiger partial charge in [0.1, 0.15) is 17.7 Å². The van der Waals surface area contributed by atoms with Crippen LogP contribution in [0, 0.1) is 0 Å². The number of nitrogens with zero attached hydrogens (tertiary/aromatic N) is 1. The molecule has 0 unspecified atom stereocenters. The first-order valence-electron chi connectivity index (χ1n) is 6.45. The summed E-state index contributed by atoms with van der Waals surface area (Å²) in [5.74, 6) is -0.171. The van der Waals surface area contributed by atoms with E-state index in [1.54, 1.807) is 34.6 Å². The number of aliphatic imine (C=N–C) groups is 1. The molecule has 114 valence electrons. The smallest absolute Gasteiger partial charge is 0.408 e. The molecule has 1 amide bonds. The first-order valence-corrected chi connectivity index (χ1v) is 6.45. The van der Waals surface area contributed by atoms with E-state index in [2.05, 4.69) is 15.0 Å². The predicted octanol–water partition coefficient (Wildman–Crippen LogP) is 1.26. The van der Waals surface area contributed by atoms with Crippen LogP contribution in [0.1, 0.15) is 34.6 Å². The quantitative estimate of drug-likeness (QED) is 0.789. The maximum Gasteiger partial charge on any atom is 0.408 e. The van der Waals surface area contributed by atoms with E-state index in [9.17, 15) is 9.59 Å². The summed E-state index contributed by atoms with van der Waals surface area (Å²) in [5, 5.41) is 2.61. The maximum atomic E-state index is 11.6. The molecule has 1 rings (SSSR count). The number of hydrogen-bond acceptors (Lipinski definition) is 6. The highest BCUT2D eigenvalue weighted by molar-refractivity contribution is 5.90.